The minimum Gasteiger partial charge on any atom is -0.481 e. The van der Waals surface area contributed by atoms with Crippen molar-refractivity contribution in [2.75, 3.05) is 0 Å². The number of carbonyl (C=O) groups is 2. The van der Waals surface area contributed by atoms with Crippen LogP contribution in [0.25, 0.3) is 0 Å². The average Bonchev–Trinajstić information content (AvgIpc) is 2.98. The summed E-state index contributed by atoms with van der Waals surface area (Å²) in [5, 5.41) is 11.7. The largest absolute Gasteiger partial charge is 0.481 e. The molecule has 1 aliphatic carbocycles. The summed E-state index contributed by atoms with van der Waals surface area (Å²) < 4.78 is 0. The summed E-state index contributed by atoms with van der Waals surface area (Å²) in [5.41, 5.74) is 0. The predicted molar refractivity (Wildman–Crippen MR) is 69.6 cm³/mol. The summed E-state index contributed by atoms with van der Waals surface area (Å²) in [6, 6.07) is 4.18. The lowest BCUT2D eigenvalue weighted by molar-refractivity contribution is -0.140. The zero-order chi connectivity index (χ0) is 13.3. The highest BCUT2D eigenvalue weighted by molar-refractivity contribution is 7.11. The van der Waals surface area contributed by atoms with Crippen molar-refractivity contribution in [3.05, 3.63) is 21.9 Å². The smallest absolute Gasteiger partial charge is 0.307 e. The van der Waals surface area contributed by atoms with Crippen LogP contribution in [0.5, 0.6) is 0 Å². The molecule has 4 nitrogen and oxygen atoms in total. The average molecular weight is 267 g/mol. The van der Waals surface area contributed by atoms with Gasteiger partial charge in [0.1, 0.15) is 0 Å². The van der Waals surface area contributed by atoms with Crippen LogP contribution < -0.4 is 5.32 Å². The van der Waals surface area contributed by atoms with Crippen LogP contribution >= 0.6 is 11.3 Å². The molecule has 2 rings (SSSR count). The van der Waals surface area contributed by atoms with Gasteiger partial charge in [-0.25, -0.2) is 0 Å². The Hall–Kier alpha value is -1.36. The molecule has 1 aromatic rings. The molecular formula is C13H17NO3S. The normalized spacial score (nSPS) is 23.4. The van der Waals surface area contributed by atoms with Crippen molar-refractivity contribution in [2.45, 2.75) is 32.7 Å². The Morgan fingerprint density at radius 2 is 2.22 bits per heavy atom. The lowest BCUT2D eigenvalue weighted by Crippen LogP contribution is -2.35. The number of carboxylic acids is 1. The molecule has 0 spiro atoms. The Bertz CT molecular complexity index is 469. The van der Waals surface area contributed by atoms with Gasteiger partial charge in [-0.1, -0.05) is 0 Å². The van der Waals surface area contributed by atoms with Crippen LogP contribution in [-0.2, 0) is 16.0 Å². The van der Waals surface area contributed by atoms with Crippen molar-refractivity contribution in [1.29, 1.82) is 0 Å². The van der Waals surface area contributed by atoms with E-state index in [1.807, 2.05) is 6.92 Å². The summed E-state index contributed by atoms with van der Waals surface area (Å²) >= 11 is 1.73. The third kappa shape index (κ3) is 3.10. The third-order valence-electron chi connectivity index (χ3n) is 3.14. The Morgan fingerprint density at radius 3 is 2.72 bits per heavy atom. The lowest BCUT2D eigenvalue weighted by atomic mass is 10.2. The van der Waals surface area contributed by atoms with E-state index in [2.05, 4.69) is 24.4 Å². The fraction of sp³-hybridized carbons (Fsp3) is 0.538. The molecule has 1 amide bonds. The Labute approximate surface area is 110 Å². The highest BCUT2D eigenvalue weighted by Gasteiger charge is 2.48. The van der Waals surface area contributed by atoms with Gasteiger partial charge in [-0.05, 0) is 32.4 Å². The molecule has 18 heavy (non-hydrogen) atoms. The first-order valence-corrected chi connectivity index (χ1v) is 6.87. The summed E-state index contributed by atoms with van der Waals surface area (Å²) in [4.78, 5) is 24.9. The Balaban J connectivity index is 1.79. The van der Waals surface area contributed by atoms with E-state index in [0.717, 1.165) is 6.42 Å². The van der Waals surface area contributed by atoms with E-state index in [1.54, 1.807) is 11.3 Å². The molecule has 0 radical (unpaired) electrons. The molecule has 0 aliphatic heterocycles. The maximum absolute atomic E-state index is 11.8. The number of nitrogens with one attached hydrogen (secondary N) is 1. The highest BCUT2D eigenvalue weighted by atomic mass is 32.1. The minimum absolute atomic E-state index is 0.0468. The van der Waals surface area contributed by atoms with Crippen LogP contribution in [0.15, 0.2) is 12.1 Å². The molecule has 1 aliphatic rings. The predicted octanol–water partition coefficient (Wildman–Crippen LogP) is 1.82. The summed E-state index contributed by atoms with van der Waals surface area (Å²) in [6.45, 7) is 4.00. The number of carboxylic acid groups (broad SMARTS) is 1. The number of aryl methyl sites for hydroxylation is 1. The highest BCUT2D eigenvalue weighted by Crippen LogP contribution is 2.38. The number of hydrogen-bond acceptors (Lipinski definition) is 3. The zero-order valence-electron chi connectivity index (χ0n) is 10.5. The van der Waals surface area contributed by atoms with Gasteiger partial charge in [0, 0.05) is 22.2 Å². The molecule has 0 bridgehead atoms. The second-order valence-corrected chi connectivity index (χ2v) is 6.29. The Morgan fingerprint density at radius 1 is 1.50 bits per heavy atom. The lowest BCUT2D eigenvalue weighted by Gasteiger charge is -2.12. The fourth-order valence-electron chi connectivity index (χ4n) is 2.06. The van der Waals surface area contributed by atoms with Crippen LogP contribution in [0, 0.1) is 18.8 Å². The van der Waals surface area contributed by atoms with Crippen molar-refractivity contribution in [2.24, 2.45) is 11.8 Å². The fourth-order valence-corrected chi connectivity index (χ4v) is 3.07. The molecule has 0 aromatic carbocycles. The first-order valence-electron chi connectivity index (χ1n) is 6.06. The molecule has 0 saturated heterocycles. The maximum atomic E-state index is 11.8. The monoisotopic (exact) mass is 267 g/mol. The standard InChI is InChI=1S/C13H17NO3S/c1-7(5-9-4-3-8(2)18-9)14-12(15)10-6-11(10)13(16)17/h3-4,7,10-11H,5-6H2,1-2H3,(H,14,15)(H,16,17). The van der Waals surface area contributed by atoms with Gasteiger partial charge in [-0.15, -0.1) is 11.3 Å². The van der Waals surface area contributed by atoms with Crippen LogP contribution in [0.4, 0.5) is 0 Å². The quantitative estimate of drug-likeness (QED) is 0.855. The van der Waals surface area contributed by atoms with Gasteiger partial charge < -0.3 is 10.4 Å². The number of carbonyl (C=O) groups excluding carboxylic acids is 1. The first kappa shape index (κ1) is 13.1. The van der Waals surface area contributed by atoms with E-state index in [9.17, 15) is 9.59 Å². The van der Waals surface area contributed by atoms with Gasteiger partial charge in [0.05, 0.1) is 11.8 Å². The minimum atomic E-state index is -0.864. The van der Waals surface area contributed by atoms with Crippen molar-refractivity contribution >= 4 is 23.2 Å². The van der Waals surface area contributed by atoms with E-state index < -0.39 is 11.9 Å². The number of rotatable bonds is 5. The van der Waals surface area contributed by atoms with Gasteiger partial charge in [-0.2, -0.15) is 0 Å². The van der Waals surface area contributed by atoms with Crippen molar-refractivity contribution in [3.63, 3.8) is 0 Å². The van der Waals surface area contributed by atoms with E-state index in [4.69, 9.17) is 5.11 Å². The molecule has 2 N–H and O–H groups in total. The molecule has 3 atom stereocenters. The van der Waals surface area contributed by atoms with Crippen LogP contribution in [0.2, 0.25) is 0 Å². The maximum Gasteiger partial charge on any atom is 0.307 e. The van der Waals surface area contributed by atoms with E-state index in [1.165, 1.54) is 9.75 Å². The SMILES string of the molecule is Cc1ccc(CC(C)NC(=O)C2CC2C(=O)O)s1. The van der Waals surface area contributed by atoms with Crippen molar-refractivity contribution < 1.29 is 14.7 Å². The van der Waals surface area contributed by atoms with Gasteiger partial charge >= 0.3 is 5.97 Å². The van der Waals surface area contributed by atoms with E-state index in [-0.39, 0.29) is 17.9 Å². The van der Waals surface area contributed by atoms with Gasteiger partial charge in [0.25, 0.3) is 0 Å². The number of amides is 1. The molecule has 98 valence electrons. The third-order valence-corrected chi connectivity index (χ3v) is 4.16. The van der Waals surface area contributed by atoms with Crippen LogP contribution in [0.3, 0.4) is 0 Å². The second kappa shape index (κ2) is 5.10. The van der Waals surface area contributed by atoms with Gasteiger partial charge in [-0.3, -0.25) is 9.59 Å². The van der Waals surface area contributed by atoms with Crippen LogP contribution in [-0.4, -0.2) is 23.0 Å². The molecule has 1 aromatic heterocycles. The molecule has 1 saturated carbocycles. The first-order chi connectivity index (χ1) is 8.47. The summed E-state index contributed by atoms with van der Waals surface area (Å²) in [7, 11) is 0. The van der Waals surface area contributed by atoms with Crippen LogP contribution in [0.1, 0.15) is 23.1 Å². The summed E-state index contributed by atoms with van der Waals surface area (Å²) in [5.74, 6) is -1.78. The molecule has 1 heterocycles. The molecule has 1 fully saturated rings. The zero-order valence-corrected chi connectivity index (χ0v) is 11.3. The second-order valence-electron chi connectivity index (χ2n) is 4.91. The topological polar surface area (TPSA) is 66.4 Å². The number of hydrogen-bond donors (Lipinski definition) is 2. The van der Waals surface area contributed by atoms with Gasteiger partial charge in [0.15, 0.2) is 0 Å². The molecular weight excluding hydrogens is 250 g/mol. The Kier molecular flexibility index (Phi) is 3.71. The summed E-state index contributed by atoms with van der Waals surface area (Å²) in [6.07, 6.45) is 1.28. The number of aliphatic carboxylic acids is 1. The van der Waals surface area contributed by atoms with E-state index in [0.29, 0.717) is 6.42 Å². The molecule has 3 unspecified atom stereocenters. The molecule has 5 heteroatoms. The number of thiophene rings is 1. The van der Waals surface area contributed by atoms with Gasteiger partial charge in [0.2, 0.25) is 5.91 Å². The van der Waals surface area contributed by atoms with Crippen molar-refractivity contribution in [3.8, 4) is 0 Å². The van der Waals surface area contributed by atoms with E-state index >= 15 is 0 Å². The van der Waals surface area contributed by atoms with Crippen molar-refractivity contribution in [1.82, 2.24) is 5.32 Å².